The average Bonchev–Trinajstić information content (AvgIpc) is 3.28. The lowest BCUT2D eigenvalue weighted by atomic mass is 10.3. The van der Waals surface area contributed by atoms with Crippen molar-refractivity contribution in [2.75, 3.05) is 7.11 Å². The van der Waals surface area contributed by atoms with Crippen LogP contribution >= 0.6 is 23.5 Å². The van der Waals surface area contributed by atoms with E-state index in [9.17, 15) is 0 Å². The van der Waals surface area contributed by atoms with Crippen molar-refractivity contribution in [1.82, 2.24) is 17.5 Å². The van der Waals surface area contributed by atoms with E-state index >= 15 is 0 Å². The fourth-order valence-electron chi connectivity index (χ4n) is 1.12. The Labute approximate surface area is 142 Å². The van der Waals surface area contributed by atoms with Gasteiger partial charge in [0.15, 0.2) is 40.5 Å². The van der Waals surface area contributed by atoms with E-state index < -0.39 is 0 Å². The lowest BCUT2D eigenvalue weighted by Crippen LogP contribution is -2.22. The van der Waals surface area contributed by atoms with Gasteiger partial charge in [0.25, 0.3) is 0 Å². The number of aromatic nitrogens is 4. The number of oxime groups is 2. The summed E-state index contributed by atoms with van der Waals surface area (Å²) in [7, 11) is 1.36. The van der Waals surface area contributed by atoms with Crippen LogP contribution < -0.4 is 11.5 Å². The molecule has 0 spiro atoms. The fourth-order valence-corrected chi connectivity index (χ4v) is 2.17. The van der Waals surface area contributed by atoms with Crippen molar-refractivity contribution >= 4 is 46.8 Å². The van der Waals surface area contributed by atoms with E-state index in [1.54, 1.807) is 0 Å². The second kappa shape index (κ2) is 8.92. The quantitative estimate of drug-likeness (QED) is 0.159. The van der Waals surface area contributed by atoms with Gasteiger partial charge in [-0.25, -0.2) is 0 Å². The summed E-state index contributed by atoms with van der Waals surface area (Å²) in [5, 5.41) is 29.3. The normalized spacial score (nSPS) is 11.2. The molecule has 0 aliphatic carbocycles. The topological polar surface area (TPSA) is 206 Å². The molecule has 15 heteroatoms. The van der Waals surface area contributed by atoms with Gasteiger partial charge in [-0.3, -0.25) is 5.41 Å². The number of nitrogens with zero attached hydrogens (tertiary/aromatic N) is 7. The molecule has 2 aromatic rings. The molecule has 7 N–H and O–H groups in total. The fraction of sp³-hybridized carbons (Fsp3) is 0.111. The second-order valence-electron chi connectivity index (χ2n) is 3.51. The number of hydrogen-bond donors (Lipinski definition) is 5. The largest absolute Gasteiger partial charge is 0.481 e. The van der Waals surface area contributed by atoms with Crippen molar-refractivity contribution in [3.63, 3.8) is 0 Å². The van der Waals surface area contributed by atoms with Crippen LogP contribution in [0.15, 0.2) is 10.3 Å². The molecule has 0 fully saturated rings. The smallest absolute Gasteiger partial charge is 0.317 e. The Bertz CT molecular complexity index is 772. The van der Waals surface area contributed by atoms with Gasteiger partial charge in [0.2, 0.25) is 5.90 Å². The predicted octanol–water partition coefficient (Wildman–Crippen LogP) is -0.212. The first kappa shape index (κ1) is 18.7. The van der Waals surface area contributed by atoms with Crippen LogP contribution in [-0.4, -0.2) is 52.6 Å². The van der Waals surface area contributed by atoms with Crippen LogP contribution in [0.1, 0.15) is 17.1 Å². The molecule has 0 saturated heterocycles. The molecule has 0 radical (unpaired) electrons. The van der Waals surface area contributed by atoms with Crippen LogP contribution in [-0.2, 0) is 4.74 Å². The van der Waals surface area contributed by atoms with Gasteiger partial charge < -0.3 is 31.5 Å². The molecule has 0 unspecified atom stereocenters. The summed E-state index contributed by atoms with van der Waals surface area (Å²) in [6, 6.07) is 0. The van der Waals surface area contributed by atoms with E-state index in [0.717, 1.165) is 23.5 Å². The van der Waals surface area contributed by atoms with Crippen LogP contribution in [0.5, 0.6) is 0 Å². The zero-order valence-corrected chi connectivity index (χ0v) is 13.5. The van der Waals surface area contributed by atoms with Gasteiger partial charge in [-0.2, -0.15) is 13.1 Å². The Kier molecular flexibility index (Phi) is 6.94. The number of nitrogens with one attached hydrogen (secondary N) is 1. The number of nitrogens with two attached hydrogens (primary N) is 2. The zero-order chi connectivity index (χ0) is 18.1. The van der Waals surface area contributed by atoms with E-state index in [1.807, 2.05) is 0 Å². The van der Waals surface area contributed by atoms with Crippen molar-refractivity contribution < 1.29 is 15.2 Å². The summed E-state index contributed by atoms with van der Waals surface area (Å²) in [6.45, 7) is 6.65. The van der Waals surface area contributed by atoms with Crippen molar-refractivity contribution in [3.05, 3.63) is 28.5 Å². The molecule has 0 saturated carbocycles. The first-order chi connectivity index (χ1) is 11.5. The highest BCUT2D eigenvalue weighted by molar-refractivity contribution is 6.99. The maximum atomic E-state index is 8.34. The Morgan fingerprint density at radius 3 is 1.96 bits per heavy atom. The summed E-state index contributed by atoms with van der Waals surface area (Å²) in [5.74, 6) is -0.475. The summed E-state index contributed by atoms with van der Waals surface area (Å²) >= 11 is 1.71. The third-order valence-electron chi connectivity index (χ3n) is 2.19. The molecule has 0 aromatic carbocycles. The lowest BCUT2D eigenvalue weighted by molar-refractivity contribution is 0.317. The van der Waals surface area contributed by atoms with Crippen molar-refractivity contribution in [2.45, 2.75) is 0 Å². The maximum Gasteiger partial charge on any atom is 0.317 e. The van der Waals surface area contributed by atoms with E-state index in [0.29, 0.717) is 0 Å². The molecule has 0 aliphatic rings. The molecule has 13 nitrogen and oxygen atoms in total. The van der Waals surface area contributed by atoms with E-state index in [-0.39, 0.29) is 40.5 Å². The third kappa shape index (κ3) is 4.31. The monoisotopic (exact) mass is 370 g/mol. The van der Waals surface area contributed by atoms with Crippen LogP contribution in [0, 0.1) is 12.0 Å². The number of amidine groups is 2. The SMILES string of the molecule is NC(=NO)c1nsnc1C(N)=NO.[C-]#[N+]c1nsnc1C(=N)OC. The molecule has 0 atom stereocenters. The Morgan fingerprint density at radius 2 is 1.54 bits per heavy atom. The van der Waals surface area contributed by atoms with Crippen molar-refractivity contribution in [3.8, 4) is 0 Å². The van der Waals surface area contributed by atoms with Crippen LogP contribution in [0.2, 0.25) is 0 Å². The standard InChI is InChI=1S/C5H4N4OS.C4H6N6O2S/c1-7-5-3(4(6)10-2)8-11-9-5;5-3(7-11)1-2(4(6)8-12)10-13-9-1/h6H,2H3;11-12H,(H2,5,7)(H2,6,8). The first-order valence-corrected chi connectivity index (χ1v) is 7.07. The minimum Gasteiger partial charge on any atom is -0.481 e. The summed E-state index contributed by atoms with van der Waals surface area (Å²) in [6.07, 6.45) is 0. The van der Waals surface area contributed by atoms with Gasteiger partial charge in [-0.15, -0.1) is 0 Å². The molecule has 0 amide bonds. The number of hydrogen-bond acceptors (Lipinski definition) is 12. The predicted molar refractivity (Wildman–Crippen MR) is 84.9 cm³/mol. The molecule has 24 heavy (non-hydrogen) atoms. The molecular formula is C9H10N10O3S2. The average molecular weight is 370 g/mol. The molecule has 0 aliphatic heterocycles. The number of ether oxygens (including phenoxy) is 1. The maximum absolute atomic E-state index is 8.34. The highest BCUT2D eigenvalue weighted by Gasteiger charge is 2.16. The minimum absolute atomic E-state index is 0.0859. The van der Waals surface area contributed by atoms with E-state index in [2.05, 4.69) is 37.4 Å². The molecular weight excluding hydrogens is 360 g/mol. The van der Waals surface area contributed by atoms with Crippen molar-refractivity contribution in [1.29, 1.82) is 5.41 Å². The molecule has 2 aromatic heterocycles. The first-order valence-electron chi connectivity index (χ1n) is 5.61. The third-order valence-corrected chi connectivity index (χ3v) is 3.23. The van der Waals surface area contributed by atoms with Crippen LogP contribution in [0.3, 0.4) is 0 Å². The number of rotatable bonds is 3. The Hall–Kier alpha value is -3.38. The van der Waals surface area contributed by atoms with E-state index in [4.69, 9.17) is 33.9 Å². The highest BCUT2D eigenvalue weighted by Crippen LogP contribution is 2.15. The van der Waals surface area contributed by atoms with E-state index in [1.165, 1.54) is 7.11 Å². The summed E-state index contributed by atoms with van der Waals surface area (Å²) in [4.78, 5) is 3.07. The second-order valence-corrected chi connectivity index (χ2v) is 4.57. The molecule has 2 heterocycles. The van der Waals surface area contributed by atoms with Crippen LogP contribution in [0.25, 0.3) is 4.85 Å². The van der Waals surface area contributed by atoms with Crippen molar-refractivity contribution in [2.24, 2.45) is 21.8 Å². The zero-order valence-electron chi connectivity index (χ0n) is 11.9. The van der Waals surface area contributed by atoms with Gasteiger partial charge in [0, 0.05) is 0 Å². The van der Waals surface area contributed by atoms with Gasteiger partial charge in [0.05, 0.1) is 18.8 Å². The van der Waals surface area contributed by atoms with Crippen LogP contribution in [0.4, 0.5) is 5.82 Å². The van der Waals surface area contributed by atoms with Gasteiger partial charge in [0.1, 0.15) is 0 Å². The molecule has 126 valence electrons. The molecule has 0 bridgehead atoms. The Morgan fingerprint density at radius 1 is 1.08 bits per heavy atom. The summed E-state index contributed by atoms with van der Waals surface area (Å²) in [5.41, 5.74) is 10.9. The Balaban J connectivity index is 0.000000243. The summed E-state index contributed by atoms with van der Waals surface area (Å²) < 4.78 is 19.4. The highest BCUT2D eigenvalue weighted by atomic mass is 32.1. The molecule has 2 rings (SSSR count). The van der Waals surface area contributed by atoms with Gasteiger partial charge >= 0.3 is 5.82 Å². The minimum atomic E-state index is -0.240. The lowest BCUT2D eigenvalue weighted by Gasteiger charge is -1.95. The number of methoxy groups -OCH3 is 1. The van der Waals surface area contributed by atoms with Gasteiger partial charge in [-0.05, 0) is 4.37 Å². The van der Waals surface area contributed by atoms with Gasteiger partial charge in [-0.1, -0.05) is 16.9 Å².